The first-order valence-corrected chi connectivity index (χ1v) is 17.2. The number of phenols is 1. The van der Waals surface area contributed by atoms with Gasteiger partial charge in [-0.25, -0.2) is 9.59 Å². The number of aromatic nitrogens is 2. The average Bonchev–Trinajstić information content (AvgIpc) is 3.51. The number of aryl methyl sites for hydroxylation is 1. The molecule has 3 aromatic carbocycles. The number of piperidine rings is 1. The van der Waals surface area contributed by atoms with Crippen molar-refractivity contribution in [3.63, 3.8) is 0 Å². The van der Waals surface area contributed by atoms with Crippen LogP contribution in [-0.4, -0.2) is 75.6 Å². The van der Waals surface area contributed by atoms with Gasteiger partial charge in [0.25, 0.3) is 5.91 Å². The molecule has 0 unspecified atom stereocenters. The number of rotatable bonds is 10. The van der Waals surface area contributed by atoms with E-state index in [4.69, 9.17) is 14.2 Å². The van der Waals surface area contributed by atoms with Crippen molar-refractivity contribution < 1.29 is 38.5 Å². The normalized spacial score (nSPS) is 15.0. The van der Waals surface area contributed by atoms with Crippen LogP contribution in [0.25, 0.3) is 22.4 Å². The van der Waals surface area contributed by atoms with Crippen molar-refractivity contribution in [1.82, 2.24) is 20.0 Å². The minimum Gasteiger partial charge on any atom is -0.507 e. The summed E-state index contributed by atoms with van der Waals surface area (Å²) in [6.07, 6.45) is 2.91. The number of hydrogen-bond donors (Lipinski definition) is 3. The summed E-state index contributed by atoms with van der Waals surface area (Å²) < 4.78 is 17.8. The SMILES string of the molecule is CCOC(=O)c1ccc(O)c(-c2nn(C)cc2-c2ccc(NC(=O)[C@@H]3CCCCN3C(=O)[C@H](NC(=O)OC(C)(C)C)c3ccccc3OC)cc2)c1. The van der Waals surface area contributed by atoms with Crippen molar-refractivity contribution in [2.45, 2.75) is 64.6 Å². The monoisotopic (exact) mass is 711 g/mol. The molecule has 0 aliphatic carbocycles. The number of esters is 1. The van der Waals surface area contributed by atoms with Crippen LogP contribution >= 0.6 is 0 Å². The molecular formula is C39H45N5O8. The van der Waals surface area contributed by atoms with E-state index in [-0.39, 0.29) is 23.8 Å². The fourth-order valence-electron chi connectivity index (χ4n) is 6.16. The van der Waals surface area contributed by atoms with Gasteiger partial charge in [0, 0.05) is 42.2 Å². The molecule has 5 rings (SSSR count). The number of benzene rings is 3. The van der Waals surface area contributed by atoms with Gasteiger partial charge in [-0.3, -0.25) is 14.3 Å². The van der Waals surface area contributed by atoms with Crippen molar-refractivity contribution >= 4 is 29.6 Å². The lowest BCUT2D eigenvalue weighted by Gasteiger charge is -2.37. The quantitative estimate of drug-likeness (QED) is 0.162. The number of amides is 3. The number of phenolic OH excluding ortho intramolecular Hbond substituents is 1. The lowest BCUT2D eigenvalue weighted by molar-refractivity contribution is -0.142. The predicted molar refractivity (Wildman–Crippen MR) is 195 cm³/mol. The van der Waals surface area contributed by atoms with Gasteiger partial charge in [0.2, 0.25) is 5.91 Å². The fraction of sp³-hybridized carbons (Fsp3) is 0.359. The number of methoxy groups -OCH3 is 1. The molecule has 3 amide bonds. The molecule has 0 spiro atoms. The highest BCUT2D eigenvalue weighted by Gasteiger charge is 2.38. The highest BCUT2D eigenvalue weighted by molar-refractivity contribution is 5.99. The van der Waals surface area contributed by atoms with E-state index in [9.17, 15) is 24.3 Å². The number of para-hydroxylation sites is 1. The molecule has 13 nitrogen and oxygen atoms in total. The molecule has 0 bridgehead atoms. The number of carbonyl (C=O) groups is 4. The third kappa shape index (κ3) is 8.71. The first-order chi connectivity index (χ1) is 24.8. The zero-order chi connectivity index (χ0) is 37.6. The standard InChI is InChI=1S/C39H45N5O8/c1-7-51-37(48)25-17-20-31(45)28(22-25)33-29(23-43(5)42-33)24-15-18-26(19-16-24)40-35(46)30-13-10-11-21-44(30)36(47)34(41-38(49)52-39(2,3)4)27-12-8-9-14-32(27)50-6/h8-9,12,14-20,22-23,30,34,45H,7,10-11,13,21H2,1-6H3,(H,40,46)(H,41,49)/t30-,34+/m0/s1. The van der Waals surface area contributed by atoms with E-state index in [2.05, 4.69) is 15.7 Å². The molecule has 0 radical (unpaired) electrons. The Labute approximate surface area is 302 Å². The van der Waals surface area contributed by atoms with Crippen molar-refractivity contribution in [2.24, 2.45) is 7.05 Å². The zero-order valence-corrected chi connectivity index (χ0v) is 30.3. The van der Waals surface area contributed by atoms with E-state index in [1.165, 1.54) is 24.1 Å². The summed E-state index contributed by atoms with van der Waals surface area (Å²) in [5, 5.41) is 20.9. The Balaban J connectivity index is 1.37. The molecule has 2 atom stereocenters. The molecule has 0 saturated carbocycles. The molecule has 52 heavy (non-hydrogen) atoms. The van der Waals surface area contributed by atoms with Gasteiger partial charge in [-0.2, -0.15) is 5.10 Å². The van der Waals surface area contributed by atoms with E-state index in [0.717, 1.165) is 12.0 Å². The lowest BCUT2D eigenvalue weighted by atomic mass is 9.97. The van der Waals surface area contributed by atoms with Gasteiger partial charge in [-0.05, 0) is 88.9 Å². The van der Waals surface area contributed by atoms with Crippen LogP contribution < -0.4 is 15.4 Å². The maximum atomic E-state index is 14.3. The Morgan fingerprint density at radius 3 is 2.42 bits per heavy atom. The maximum Gasteiger partial charge on any atom is 0.408 e. The van der Waals surface area contributed by atoms with Crippen LogP contribution in [0.15, 0.2) is 72.9 Å². The first kappa shape index (κ1) is 37.4. The summed E-state index contributed by atoms with van der Waals surface area (Å²) in [5.41, 5.74) is 2.72. The van der Waals surface area contributed by atoms with Crippen LogP contribution in [0.5, 0.6) is 11.5 Å². The van der Waals surface area contributed by atoms with E-state index >= 15 is 0 Å². The molecule has 1 aromatic heterocycles. The molecule has 274 valence electrons. The largest absolute Gasteiger partial charge is 0.507 e. The van der Waals surface area contributed by atoms with Crippen LogP contribution in [0, 0.1) is 0 Å². The number of aromatic hydroxyl groups is 1. The number of carbonyl (C=O) groups excluding carboxylic acids is 4. The van der Waals surface area contributed by atoms with Gasteiger partial charge < -0.3 is 34.9 Å². The second-order valence-corrected chi connectivity index (χ2v) is 13.4. The average molecular weight is 712 g/mol. The van der Waals surface area contributed by atoms with Gasteiger partial charge in [0.1, 0.15) is 34.9 Å². The summed E-state index contributed by atoms with van der Waals surface area (Å²) in [4.78, 5) is 54.9. The molecule has 1 aliphatic heterocycles. The van der Waals surface area contributed by atoms with Crippen LogP contribution in [0.1, 0.15) is 68.9 Å². The Morgan fingerprint density at radius 2 is 1.73 bits per heavy atom. The third-order valence-electron chi connectivity index (χ3n) is 8.50. The summed E-state index contributed by atoms with van der Waals surface area (Å²) >= 11 is 0. The molecule has 3 N–H and O–H groups in total. The molecule has 4 aromatic rings. The fourth-order valence-corrected chi connectivity index (χ4v) is 6.16. The Morgan fingerprint density at radius 1 is 1.00 bits per heavy atom. The van der Waals surface area contributed by atoms with E-state index in [0.29, 0.717) is 53.2 Å². The molecule has 1 aliphatic rings. The Hall–Kier alpha value is -5.85. The summed E-state index contributed by atoms with van der Waals surface area (Å²) in [6.45, 7) is 7.46. The van der Waals surface area contributed by atoms with Gasteiger partial charge in [0.15, 0.2) is 0 Å². The van der Waals surface area contributed by atoms with Crippen molar-refractivity contribution in [1.29, 1.82) is 0 Å². The molecule has 1 saturated heterocycles. The second kappa shape index (κ2) is 16.0. The third-order valence-corrected chi connectivity index (χ3v) is 8.50. The zero-order valence-electron chi connectivity index (χ0n) is 30.3. The number of ether oxygens (including phenoxy) is 3. The van der Waals surface area contributed by atoms with Crippen molar-refractivity contribution in [3.8, 4) is 33.9 Å². The highest BCUT2D eigenvalue weighted by Crippen LogP contribution is 2.37. The first-order valence-electron chi connectivity index (χ1n) is 17.2. The Bertz CT molecular complexity index is 1930. The van der Waals surface area contributed by atoms with Crippen molar-refractivity contribution in [3.05, 3.63) is 84.1 Å². The van der Waals surface area contributed by atoms with Crippen LogP contribution in [0.2, 0.25) is 0 Å². The lowest BCUT2D eigenvalue weighted by Crippen LogP contribution is -2.54. The summed E-state index contributed by atoms with van der Waals surface area (Å²) in [5.74, 6) is -0.954. The molecule has 13 heteroatoms. The number of hydrogen-bond acceptors (Lipinski definition) is 9. The van der Waals surface area contributed by atoms with Crippen LogP contribution in [0.4, 0.5) is 10.5 Å². The number of anilines is 1. The van der Waals surface area contributed by atoms with Crippen molar-refractivity contribution in [2.75, 3.05) is 25.6 Å². The number of likely N-dealkylation sites (tertiary alicyclic amines) is 1. The highest BCUT2D eigenvalue weighted by atomic mass is 16.6. The maximum absolute atomic E-state index is 14.3. The minimum atomic E-state index is -1.16. The van der Waals surface area contributed by atoms with Gasteiger partial charge in [-0.1, -0.05) is 30.3 Å². The minimum absolute atomic E-state index is 0.0438. The number of nitrogens with zero attached hydrogens (tertiary/aromatic N) is 3. The van der Waals surface area contributed by atoms with Crippen LogP contribution in [0.3, 0.4) is 0 Å². The number of nitrogens with one attached hydrogen (secondary N) is 2. The van der Waals surface area contributed by atoms with Gasteiger partial charge >= 0.3 is 12.1 Å². The van der Waals surface area contributed by atoms with Gasteiger partial charge in [-0.15, -0.1) is 0 Å². The van der Waals surface area contributed by atoms with E-state index in [1.807, 2.05) is 12.1 Å². The van der Waals surface area contributed by atoms with E-state index in [1.54, 1.807) is 88.1 Å². The summed E-state index contributed by atoms with van der Waals surface area (Å²) in [7, 11) is 3.24. The topological polar surface area (TPSA) is 161 Å². The number of alkyl carbamates (subject to hydrolysis) is 1. The smallest absolute Gasteiger partial charge is 0.408 e. The predicted octanol–water partition coefficient (Wildman–Crippen LogP) is 6.23. The van der Waals surface area contributed by atoms with E-state index < -0.39 is 35.7 Å². The van der Waals surface area contributed by atoms with Crippen LogP contribution in [-0.2, 0) is 26.1 Å². The second-order valence-electron chi connectivity index (χ2n) is 13.4. The summed E-state index contributed by atoms with van der Waals surface area (Å²) in [6, 6.07) is 16.6. The molecule has 1 fully saturated rings. The molecule has 2 heterocycles. The molecular weight excluding hydrogens is 666 g/mol. The Kier molecular flexibility index (Phi) is 11.5. The van der Waals surface area contributed by atoms with Gasteiger partial charge in [0.05, 0.1) is 19.3 Å².